The third kappa shape index (κ3) is 4.46. The Balaban J connectivity index is 1.75. The van der Waals surface area contributed by atoms with Gasteiger partial charge < -0.3 is 10.5 Å². The van der Waals surface area contributed by atoms with Crippen LogP contribution in [0.15, 0.2) is 24.3 Å². The molecular formula is C16H24N2OS. The molecule has 3 nitrogen and oxygen atoms in total. The van der Waals surface area contributed by atoms with E-state index < -0.39 is 0 Å². The molecule has 2 unspecified atom stereocenters. The molecule has 0 amide bonds. The number of nitrogens with zero attached hydrogens (tertiary/aromatic N) is 1. The Kier molecular flexibility index (Phi) is 5.38. The van der Waals surface area contributed by atoms with Crippen molar-refractivity contribution in [3.63, 3.8) is 0 Å². The van der Waals surface area contributed by atoms with Crippen molar-refractivity contribution >= 4 is 17.2 Å². The number of nitrogens with two attached hydrogens (primary N) is 1. The summed E-state index contributed by atoms with van der Waals surface area (Å²) in [6.45, 7) is 7.55. The largest absolute Gasteiger partial charge is 0.492 e. The molecule has 2 N–H and O–H groups in total. The molecule has 0 aliphatic carbocycles. The summed E-state index contributed by atoms with van der Waals surface area (Å²) in [5.74, 6) is 1.72. The van der Waals surface area contributed by atoms with Crippen LogP contribution in [-0.4, -0.2) is 35.6 Å². The van der Waals surface area contributed by atoms with Gasteiger partial charge in [-0.3, -0.25) is 4.90 Å². The van der Waals surface area contributed by atoms with Gasteiger partial charge in [-0.2, -0.15) is 0 Å². The Morgan fingerprint density at radius 3 is 2.60 bits per heavy atom. The van der Waals surface area contributed by atoms with Crippen LogP contribution in [0.1, 0.15) is 25.8 Å². The van der Waals surface area contributed by atoms with Crippen LogP contribution < -0.4 is 10.5 Å². The Morgan fingerprint density at radius 1 is 1.35 bits per heavy atom. The molecule has 1 aromatic rings. The summed E-state index contributed by atoms with van der Waals surface area (Å²) in [5.41, 5.74) is 6.66. The van der Waals surface area contributed by atoms with Gasteiger partial charge in [-0.05, 0) is 37.0 Å². The van der Waals surface area contributed by atoms with Crippen molar-refractivity contribution in [2.24, 2.45) is 11.7 Å². The predicted octanol–water partition coefficient (Wildman–Crippen LogP) is 2.62. The summed E-state index contributed by atoms with van der Waals surface area (Å²) >= 11 is 4.90. The first-order chi connectivity index (χ1) is 9.54. The second kappa shape index (κ2) is 7.04. The lowest BCUT2D eigenvalue weighted by Crippen LogP contribution is -2.31. The van der Waals surface area contributed by atoms with Gasteiger partial charge in [0.2, 0.25) is 0 Å². The topological polar surface area (TPSA) is 38.5 Å². The van der Waals surface area contributed by atoms with Gasteiger partial charge in [-0.1, -0.05) is 31.3 Å². The van der Waals surface area contributed by atoms with Crippen molar-refractivity contribution in [2.75, 3.05) is 19.7 Å². The number of hydrogen-bond donors (Lipinski definition) is 1. The smallest absolute Gasteiger partial charge is 0.119 e. The Hall–Kier alpha value is -1.13. The Labute approximate surface area is 127 Å². The molecule has 0 spiro atoms. The maximum atomic E-state index is 5.81. The van der Waals surface area contributed by atoms with Crippen LogP contribution in [0, 0.1) is 5.92 Å². The van der Waals surface area contributed by atoms with Gasteiger partial charge in [-0.15, -0.1) is 0 Å². The Morgan fingerprint density at radius 2 is 2.05 bits per heavy atom. The average molecular weight is 292 g/mol. The molecule has 1 aliphatic rings. The van der Waals surface area contributed by atoms with E-state index in [1.54, 1.807) is 0 Å². The Bertz CT molecular complexity index is 446. The van der Waals surface area contributed by atoms with E-state index in [-0.39, 0.29) is 0 Å². The summed E-state index contributed by atoms with van der Waals surface area (Å²) in [5, 5.41) is 0. The lowest BCUT2D eigenvalue weighted by atomic mass is 10.1. The monoisotopic (exact) mass is 292 g/mol. The minimum absolute atomic E-state index is 0.524. The molecule has 20 heavy (non-hydrogen) atoms. The highest BCUT2D eigenvalue weighted by atomic mass is 32.1. The fraction of sp³-hybridized carbons (Fsp3) is 0.562. The van der Waals surface area contributed by atoms with Gasteiger partial charge in [0, 0.05) is 25.6 Å². The van der Waals surface area contributed by atoms with Crippen molar-refractivity contribution in [3.05, 3.63) is 29.8 Å². The average Bonchev–Trinajstić information content (AvgIpc) is 2.69. The molecular weight excluding hydrogens is 268 g/mol. The first kappa shape index (κ1) is 15.3. The van der Waals surface area contributed by atoms with Gasteiger partial charge in [0.1, 0.15) is 12.4 Å². The lowest BCUT2D eigenvalue weighted by molar-refractivity contribution is 0.202. The molecule has 2 atom stereocenters. The molecule has 4 heteroatoms. The summed E-state index contributed by atoms with van der Waals surface area (Å²) in [7, 11) is 0. The minimum atomic E-state index is 0.524. The number of thiocarbonyl (C=S) groups is 1. The molecule has 1 aliphatic heterocycles. The first-order valence-electron chi connectivity index (χ1n) is 7.28. The van der Waals surface area contributed by atoms with Crippen LogP contribution in [-0.2, 0) is 6.42 Å². The van der Waals surface area contributed by atoms with E-state index in [4.69, 9.17) is 22.7 Å². The number of hydrogen-bond acceptors (Lipinski definition) is 3. The third-order valence-corrected chi connectivity index (χ3v) is 4.01. The molecule has 0 aromatic heterocycles. The molecule has 110 valence electrons. The number of benzene rings is 1. The van der Waals surface area contributed by atoms with Crippen LogP contribution in [0.4, 0.5) is 0 Å². The SMILES string of the molecule is CC1CC(C)N(CCOc2ccc(CC(N)=S)cc2)C1. The zero-order valence-corrected chi connectivity index (χ0v) is 13.2. The molecule has 0 bridgehead atoms. The van der Waals surface area contributed by atoms with Crippen molar-refractivity contribution in [1.82, 2.24) is 4.90 Å². The van der Waals surface area contributed by atoms with E-state index in [0.717, 1.165) is 30.4 Å². The maximum absolute atomic E-state index is 5.81. The highest BCUT2D eigenvalue weighted by Crippen LogP contribution is 2.21. The van der Waals surface area contributed by atoms with Crippen LogP contribution in [0.2, 0.25) is 0 Å². The maximum Gasteiger partial charge on any atom is 0.119 e. The number of likely N-dealkylation sites (tertiary alicyclic amines) is 1. The van der Waals surface area contributed by atoms with Crippen molar-refractivity contribution in [3.8, 4) is 5.75 Å². The summed E-state index contributed by atoms with van der Waals surface area (Å²) in [4.78, 5) is 3.03. The van der Waals surface area contributed by atoms with Crippen molar-refractivity contribution in [2.45, 2.75) is 32.7 Å². The molecule has 2 rings (SSSR count). The highest BCUT2D eigenvalue weighted by Gasteiger charge is 2.25. The highest BCUT2D eigenvalue weighted by molar-refractivity contribution is 7.80. The standard InChI is InChI=1S/C16H24N2OS/c1-12-9-13(2)18(11-12)7-8-19-15-5-3-14(4-6-15)10-16(17)20/h3-6,12-13H,7-11H2,1-2H3,(H2,17,20). The van der Waals surface area contributed by atoms with E-state index in [1.807, 2.05) is 24.3 Å². The van der Waals surface area contributed by atoms with Gasteiger partial charge in [0.15, 0.2) is 0 Å². The normalized spacial score (nSPS) is 22.9. The quantitative estimate of drug-likeness (QED) is 0.818. The van der Waals surface area contributed by atoms with Crippen molar-refractivity contribution in [1.29, 1.82) is 0 Å². The zero-order chi connectivity index (χ0) is 14.5. The van der Waals surface area contributed by atoms with Crippen LogP contribution in [0.3, 0.4) is 0 Å². The fourth-order valence-corrected chi connectivity index (χ4v) is 3.05. The lowest BCUT2D eigenvalue weighted by Gasteiger charge is -2.20. The van der Waals surface area contributed by atoms with Gasteiger partial charge in [0.25, 0.3) is 0 Å². The first-order valence-corrected chi connectivity index (χ1v) is 7.69. The van der Waals surface area contributed by atoms with Crippen LogP contribution in [0.25, 0.3) is 0 Å². The van der Waals surface area contributed by atoms with E-state index >= 15 is 0 Å². The second-order valence-electron chi connectivity index (χ2n) is 5.82. The van der Waals surface area contributed by atoms with Crippen LogP contribution in [0.5, 0.6) is 5.75 Å². The van der Waals surface area contributed by atoms with E-state index in [0.29, 0.717) is 17.5 Å². The summed E-state index contributed by atoms with van der Waals surface area (Å²) < 4.78 is 5.81. The summed E-state index contributed by atoms with van der Waals surface area (Å²) in [6.07, 6.45) is 1.95. The van der Waals surface area contributed by atoms with Gasteiger partial charge in [-0.25, -0.2) is 0 Å². The van der Waals surface area contributed by atoms with E-state index in [1.165, 1.54) is 13.0 Å². The molecule has 1 fully saturated rings. The van der Waals surface area contributed by atoms with Crippen molar-refractivity contribution < 1.29 is 4.74 Å². The predicted molar refractivity (Wildman–Crippen MR) is 87.2 cm³/mol. The van der Waals surface area contributed by atoms with Gasteiger partial charge in [0.05, 0.1) is 4.99 Å². The van der Waals surface area contributed by atoms with Gasteiger partial charge >= 0.3 is 0 Å². The molecule has 1 heterocycles. The molecule has 0 radical (unpaired) electrons. The third-order valence-electron chi connectivity index (χ3n) is 3.86. The minimum Gasteiger partial charge on any atom is -0.492 e. The van der Waals surface area contributed by atoms with E-state index in [2.05, 4.69) is 18.7 Å². The number of ether oxygens (including phenoxy) is 1. The second-order valence-corrected chi connectivity index (χ2v) is 6.34. The zero-order valence-electron chi connectivity index (χ0n) is 12.3. The fourth-order valence-electron chi connectivity index (χ4n) is 2.88. The summed E-state index contributed by atoms with van der Waals surface area (Å²) in [6, 6.07) is 8.71. The van der Waals surface area contributed by atoms with E-state index in [9.17, 15) is 0 Å². The molecule has 0 saturated carbocycles. The molecule has 1 aromatic carbocycles. The van der Waals surface area contributed by atoms with Crippen LogP contribution >= 0.6 is 12.2 Å². The molecule has 1 saturated heterocycles. The number of rotatable bonds is 6.